The number of ether oxygens (including phenoxy) is 1. The van der Waals surface area contributed by atoms with Crippen LogP contribution in [0.4, 0.5) is 0 Å². The predicted octanol–water partition coefficient (Wildman–Crippen LogP) is 2.54. The first-order valence-corrected chi connectivity index (χ1v) is 6.60. The predicted molar refractivity (Wildman–Crippen MR) is 70.1 cm³/mol. The molecular formula is C12H14Cl2N2O2. The second kappa shape index (κ2) is 6.36. The van der Waals surface area contributed by atoms with Gasteiger partial charge in [-0.3, -0.25) is 4.79 Å². The number of hydrogen-bond donors (Lipinski definition) is 1. The Morgan fingerprint density at radius 3 is 2.78 bits per heavy atom. The zero-order chi connectivity index (χ0) is 13.0. The summed E-state index contributed by atoms with van der Waals surface area (Å²) in [5, 5.41) is 3.29. The maximum Gasteiger partial charge on any atom is 0.251 e. The van der Waals surface area contributed by atoms with Gasteiger partial charge in [0.05, 0.1) is 6.61 Å². The van der Waals surface area contributed by atoms with Crippen molar-refractivity contribution in [2.75, 3.05) is 19.8 Å². The van der Waals surface area contributed by atoms with E-state index in [9.17, 15) is 4.79 Å². The van der Waals surface area contributed by atoms with E-state index in [-0.39, 0.29) is 16.2 Å². The molecule has 1 N–H and O–H groups in total. The minimum absolute atomic E-state index is 0.188. The van der Waals surface area contributed by atoms with Gasteiger partial charge in [0.15, 0.2) is 0 Å². The molecule has 1 fully saturated rings. The third-order valence-electron chi connectivity index (χ3n) is 2.83. The van der Waals surface area contributed by atoms with Gasteiger partial charge in [0.2, 0.25) is 0 Å². The lowest BCUT2D eigenvalue weighted by Crippen LogP contribution is -2.33. The van der Waals surface area contributed by atoms with Crippen LogP contribution in [0.5, 0.6) is 0 Å². The largest absolute Gasteiger partial charge is 0.381 e. The Hall–Kier alpha value is -0.840. The van der Waals surface area contributed by atoms with Crippen molar-refractivity contribution in [2.24, 2.45) is 5.92 Å². The van der Waals surface area contributed by atoms with Crippen molar-refractivity contribution >= 4 is 29.1 Å². The minimum atomic E-state index is -0.188. The number of carbonyl (C=O) groups is 1. The second-order valence-corrected chi connectivity index (χ2v) is 5.07. The maximum atomic E-state index is 11.9. The normalized spacial score (nSPS) is 19.6. The van der Waals surface area contributed by atoms with Gasteiger partial charge in [-0.25, -0.2) is 4.98 Å². The number of pyridine rings is 1. The molecule has 18 heavy (non-hydrogen) atoms. The lowest BCUT2D eigenvalue weighted by atomic mass is 10.0. The molecule has 1 unspecified atom stereocenters. The summed E-state index contributed by atoms with van der Waals surface area (Å²) in [5.74, 6) is 0.197. The van der Waals surface area contributed by atoms with Crippen molar-refractivity contribution in [1.29, 1.82) is 0 Å². The molecule has 0 spiro atoms. The highest BCUT2D eigenvalue weighted by Gasteiger charge is 2.15. The van der Waals surface area contributed by atoms with Crippen LogP contribution in [0.15, 0.2) is 12.1 Å². The Morgan fingerprint density at radius 2 is 2.17 bits per heavy atom. The summed E-state index contributed by atoms with van der Waals surface area (Å²) in [4.78, 5) is 15.7. The van der Waals surface area contributed by atoms with Gasteiger partial charge in [-0.1, -0.05) is 23.2 Å². The second-order valence-electron chi connectivity index (χ2n) is 4.29. The summed E-state index contributed by atoms with van der Waals surface area (Å²) in [7, 11) is 0. The molecule has 2 heterocycles. The van der Waals surface area contributed by atoms with Crippen LogP contribution in [0.1, 0.15) is 23.2 Å². The minimum Gasteiger partial charge on any atom is -0.381 e. The Labute approximate surface area is 116 Å². The molecule has 98 valence electrons. The average molecular weight is 289 g/mol. The number of hydrogen-bond acceptors (Lipinski definition) is 3. The van der Waals surface area contributed by atoms with E-state index in [4.69, 9.17) is 27.9 Å². The zero-order valence-corrected chi connectivity index (χ0v) is 11.3. The average Bonchev–Trinajstić information content (AvgIpc) is 2.36. The number of carbonyl (C=O) groups excluding carboxylic acids is 1. The van der Waals surface area contributed by atoms with E-state index in [0.717, 1.165) is 19.4 Å². The molecule has 6 heteroatoms. The molecule has 0 radical (unpaired) electrons. The summed E-state index contributed by atoms with van der Waals surface area (Å²) >= 11 is 11.5. The first-order chi connectivity index (χ1) is 8.65. The van der Waals surface area contributed by atoms with Crippen molar-refractivity contribution in [1.82, 2.24) is 10.3 Å². The smallest absolute Gasteiger partial charge is 0.251 e. The van der Waals surface area contributed by atoms with Gasteiger partial charge < -0.3 is 10.1 Å². The number of nitrogens with zero attached hydrogens (tertiary/aromatic N) is 1. The van der Waals surface area contributed by atoms with E-state index in [2.05, 4.69) is 10.3 Å². The quantitative estimate of drug-likeness (QED) is 0.870. The molecule has 2 rings (SSSR count). The maximum absolute atomic E-state index is 11.9. The van der Waals surface area contributed by atoms with Gasteiger partial charge in [-0.05, 0) is 30.9 Å². The first-order valence-electron chi connectivity index (χ1n) is 5.84. The first kappa shape index (κ1) is 13.6. The van der Waals surface area contributed by atoms with E-state index in [1.807, 2.05) is 0 Å². The highest BCUT2D eigenvalue weighted by Crippen LogP contribution is 2.15. The van der Waals surface area contributed by atoms with Crippen LogP contribution >= 0.6 is 23.2 Å². The van der Waals surface area contributed by atoms with Crippen molar-refractivity contribution in [3.8, 4) is 0 Å². The number of nitrogens with one attached hydrogen (secondary N) is 1. The van der Waals surface area contributed by atoms with Gasteiger partial charge in [-0.15, -0.1) is 0 Å². The van der Waals surface area contributed by atoms with Crippen molar-refractivity contribution in [3.63, 3.8) is 0 Å². The van der Waals surface area contributed by atoms with Gasteiger partial charge in [0, 0.05) is 18.7 Å². The Kier molecular flexibility index (Phi) is 4.80. The van der Waals surface area contributed by atoms with E-state index < -0.39 is 0 Å². The monoisotopic (exact) mass is 288 g/mol. The zero-order valence-electron chi connectivity index (χ0n) is 9.79. The Morgan fingerprint density at radius 1 is 1.44 bits per heavy atom. The molecule has 0 saturated carbocycles. The number of halogens is 2. The van der Waals surface area contributed by atoms with E-state index in [1.54, 1.807) is 0 Å². The summed E-state index contributed by atoms with van der Waals surface area (Å²) in [5.41, 5.74) is 0.428. The number of aromatic nitrogens is 1. The van der Waals surface area contributed by atoms with Crippen LogP contribution in [0.3, 0.4) is 0 Å². The molecule has 1 amide bonds. The van der Waals surface area contributed by atoms with Gasteiger partial charge in [0.25, 0.3) is 5.91 Å². The molecule has 1 atom stereocenters. The lowest BCUT2D eigenvalue weighted by Gasteiger charge is -2.22. The molecule has 1 aromatic heterocycles. The molecule has 1 aliphatic rings. The molecule has 0 aliphatic carbocycles. The van der Waals surface area contributed by atoms with E-state index >= 15 is 0 Å². The van der Waals surface area contributed by atoms with E-state index in [1.165, 1.54) is 12.1 Å². The van der Waals surface area contributed by atoms with Crippen LogP contribution in [0, 0.1) is 5.92 Å². The third kappa shape index (κ3) is 3.83. The van der Waals surface area contributed by atoms with Crippen molar-refractivity contribution < 1.29 is 9.53 Å². The van der Waals surface area contributed by atoms with E-state index in [0.29, 0.717) is 24.6 Å². The van der Waals surface area contributed by atoms with Gasteiger partial charge >= 0.3 is 0 Å². The molecular weight excluding hydrogens is 275 g/mol. The molecule has 1 saturated heterocycles. The molecule has 1 aromatic rings. The topological polar surface area (TPSA) is 51.2 Å². The van der Waals surface area contributed by atoms with Crippen molar-refractivity contribution in [2.45, 2.75) is 12.8 Å². The molecule has 0 aromatic carbocycles. The SMILES string of the molecule is O=C(NCC1CCCOC1)c1cc(Cl)nc(Cl)c1. The lowest BCUT2D eigenvalue weighted by molar-refractivity contribution is 0.0536. The number of amides is 1. The summed E-state index contributed by atoms with van der Waals surface area (Å²) in [6.07, 6.45) is 2.13. The Balaban J connectivity index is 1.90. The third-order valence-corrected chi connectivity index (χ3v) is 3.22. The molecule has 1 aliphatic heterocycles. The standard InChI is InChI=1S/C12H14Cl2N2O2/c13-10-4-9(5-11(14)16-10)12(17)15-6-8-2-1-3-18-7-8/h4-5,8H,1-3,6-7H2,(H,15,17). The van der Waals surface area contributed by atoms with Crippen LogP contribution in [0.25, 0.3) is 0 Å². The fraction of sp³-hybridized carbons (Fsp3) is 0.500. The van der Waals surface area contributed by atoms with Crippen LogP contribution in [0.2, 0.25) is 10.3 Å². The summed E-state index contributed by atoms with van der Waals surface area (Å²) in [6.45, 7) is 2.13. The van der Waals surface area contributed by atoms with Gasteiger partial charge in [0.1, 0.15) is 10.3 Å². The summed E-state index contributed by atoms with van der Waals surface area (Å²) in [6, 6.07) is 3.00. The van der Waals surface area contributed by atoms with Crippen LogP contribution < -0.4 is 5.32 Å². The van der Waals surface area contributed by atoms with Crippen molar-refractivity contribution in [3.05, 3.63) is 28.0 Å². The molecule has 4 nitrogen and oxygen atoms in total. The van der Waals surface area contributed by atoms with Crippen LogP contribution in [-0.4, -0.2) is 30.6 Å². The fourth-order valence-electron chi connectivity index (χ4n) is 1.90. The fourth-order valence-corrected chi connectivity index (χ4v) is 2.36. The Bertz CT molecular complexity index is 414. The summed E-state index contributed by atoms with van der Waals surface area (Å²) < 4.78 is 5.35. The highest BCUT2D eigenvalue weighted by atomic mass is 35.5. The number of rotatable bonds is 3. The highest BCUT2D eigenvalue weighted by molar-refractivity contribution is 6.33. The van der Waals surface area contributed by atoms with Gasteiger partial charge in [-0.2, -0.15) is 0 Å². The molecule has 0 bridgehead atoms. The van der Waals surface area contributed by atoms with Crippen LogP contribution in [-0.2, 0) is 4.74 Å².